The zero-order valence-corrected chi connectivity index (χ0v) is 20.5. The van der Waals surface area contributed by atoms with Crippen molar-refractivity contribution in [2.75, 3.05) is 13.2 Å². The molecule has 0 N–H and O–H groups in total. The lowest BCUT2D eigenvalue weighted by Gasteiger charge is -2.37. The van der Waals surface area contributed by atoms with Crippen LogP contribution in [0.15, 0.2) is 73.1 Å². The van der Waals surface area contributed by atoms with Crippen LogP contribution in [-0.2, 0) is 29.0 Å². The zero-order valence-electron chi connectivity index (χ0n) is 20.5. The van der Waals surface area contributed by atoms with E-state index in [9.17, 15) is 9.18 Å². The smallest absolute Gasteiger partial charge is 0.226 e. The first-order valence-electron chi connectivity index (χ1n) is 12.2. The molecule has 6 heteroatoms. The second-order valence-corrected chi connectivity index (χ2v) is 9.72. The monoisotopic (exact) mass is 476 g/mol. The predicted octanol–water partition coefficient (Wildman–Crippen LogP) is 5.58. The average molecular weight is 477 g/mol. The van der Waals surface area contributed by atoms with Gasteiger partial charge in [-0.25, -0.2) is 4.39 Å². The zero-order chi connectivity index (χ0) is 24.7. The van der Waals surface area contributed by atoms with E-state index in [0.717, 1.165) is 28.9 Å². The Bertz CT molecular complexity index is 1100. The number of pyridine rings is 1. The summed E-state index contributed by atoms with van der Waals surface area (Å²) in [6, 6.07) is 18.3. The van der Waals surface area contributed by atoms with Crippen LogP contribution in [0.4, 0.5) is 4.39 Å². The third-order valence-corrected chi connectivity index (χ3v) is 6.33. The number of halogens is 1. The molecule has 2 heterocycles. The number of hydrogen-bond acceptors (Lipinski definition) is 4. The Hall–Kier alpha value is -3.25. The van der Waals surface area contributed by atoms with Crippen molar-refractivity contribution in [3.63, 3.8) is 0 Å². The van der Waals surface area contributed by atoms with Gasteiger partial charge in [-0.05, 0) is 79.8 Å². The van der Waals surface area contributed by atoms with Crippen LogP contribution in [-0.4, -0.2) is 34.6 Å². The summed E-state index contributed by atoms with van der Waals surface area (Å²) in [6.45, 7) is 6.21. The highest BCUT2D eigenvalue weighted by molar-refractivity contribution is 5.79. The van der Waals surface area contributed by atoms with E-state index in [1.807, 2.05) is 55.1 Å². The predicted molar refractivity (Wildman–Crippen MR) is 133 cm³/mol. The van der Waals surface area contributed by atoms with Crippen molar-refractivity contribution in [2.45, 2.75) is 51.8 Å². The lowest BCUT2D eigenvalue weighted by molar-refractivity contribution is -0.146. The fraction of sp³-hybridized carbons (Fsp3) is 0.379. The van der Waals surface area contributed by atoms with Gasteiger partial charge >= 0.3 is 0 Å². The summed E-state index contributed by atoms with van der Waals surface area (Å²) in [7, 11) is 0. The molecule has 1 fully saturated rings. The lowest BCUT2D eigenvalue weighted by Crippen LogP contribution is -2.43. The highest BCUT2D eigenvalue weighted by Crippen LogP contribution is 2.31. The molecule has 0 saturated carbocycles. The van der Waals surface area contributed by atoms with E-state index in [1.165, 1.54) is 12.1 Å². The molecule has 1 aromatic heterocycles. The second-order valence-electron chi connectivity index (χ2n) is 9.72. The van der Waals surface area contributed by atoms with E-state index in [4.69, 9.17) is 9.47 Å². The molecule has 1 amide bonds. The maximum absolute atomic E-state index is 13.6. The molecule has 184 valence electrons. The summed E-state index contributed by atoms with van der Waals surface area (Å²) in [5.74, 6) is 0.613. The van der Waals surface area contributed by atoms with Gasteiger partial charge in [0.1, 0.15) is 11.6 Å². The number of ether oxygens (including phenoxy) is 2. The van der Waals surface area contributed by atoms with E-state index in [1.54, 1.807) is 24.5 Å². The minimum atomic E-state index is -0.292. The molecule has 5 nitrogen and oxygen atoms in total. The highest BCUT2D eigenvalue weighted by Gasteiger charge is 2.35. The van der Waals surface area contributed by atoms with Crippen molar-refractivity contribution in [3.05, 3.63) is 95.6 Å². The van der Waals surface area contributed by atoms with Gasteiger partial charge in [0.15, 0.2) is 0 Å². The third-order valence-electron chi connectivity index (χ3n) is 6.33. The van der Waals surface area contributed by atoms with Crippen molar-refractivity contribution in [1.29, 1.82) is 0 Å². The Kier molecular flexibility index (Phi) is 8.13. The maximum Gasteiger partial charge on any atom is 0.226 e. The Morgan fingerprint density at radius 1 is 1.06 bits per heavy atom. The van der Waals surface area contributed by atoms with Crippen LogP contribution in [0.1, 0.15) is 43.4 Å². The van der Waals surface area contributed by atoms with Gasteiger partial charge in [-0.3, -0.25) is 9.78 Å². The van der Waals surface area contributed by atoms with Gasteiger partial charge in [0.05, 0.1) is 12.2 Å². The second kappa shape index (κ2) is 11.5. The number of rotatable bonds is 9. The highest BCUT2D eigenvalue weighted by atomic mass is 19.1. The Balaban J connectivity index is 1.44. The van der Waals surface area contributed by atoms with Gasteiger partial charge in [-0.1, -0.05) is 24.3 Å². The Morgan fingerprint density at radius 2 is 1.80 bits per heavy atom. The van der Waals surface area contributed by atoms with Crippen LogP contribution in [0.3, 0.4) is 0 Å². The molecule has 0 bridgehead atoms. The fourth-order valence-corrected chi connectivity index (χ4v) is 4.51. The first-order chi connectivity index (χ1) is 16.9. The molecule has 1 aliphatic heterocycles. The van der Waals surface area contributed by atoms with E-state index >= 15 is 0 Å². The average Bonchev–Trinajstić information content (AvgIpc) is 2.85. The fourth-order valence-electron chi connectivity index (χ4n) is 4.51. The van der Waals surface area contributed by atoms with Crippen LogP contribution in [0.2, 0.25) is 0 Å². The number of benzene rings is 2. The number of hydrogen-bond donors (Lipinski definition) is 0. The van der Waals surface area contributed by atoms with E-state index < -0.39 is 0 Å². The summed E-state index contributed by atoms with van der Waals surface area (Å²) in [5, 5.41) is 0. The SMILES string of the molecule is CC1(C)C[C@H](C(=O)N(Cc2ccncc2)Cc2cccc(OCCc3ccc(F)cc3)c2)CCO1. The van der Waals surface area contributed by atoms with Crippen molar-refractivity contribution in [2.24, 2.45) is 5.92 Å². The first kappa shape index (κ1) is 24.9. The van der Waals surface area contributed by atoms with Crippen molar-refractivity contribution < 1.29 is 18.7 Å². The molecule has 0 radical (unpaired) electrons. The van der Waals surface area contributed by atoms with Gasteiger partial charge in [-0.15, -0.1) is 0 Å². The number of carbonyl (C=O) groups excluding carboxylic acids is 1. The van der Waals surface area contributed by atoms with Crippen molar-refractivity contribution >= 4 is 5.91 Å². The summed E-state index contributed by atoms with van der Waals surface area (Å²) in [4.78, 5) is 19.7. The van der Waals surface area contributed by atoms with Gasteiger partial charge in [-0.2, -0.15) is 0 Å². The Labute approximate surface area is 206 Å². The minimum Gasteiger partial charge on any atom is -0.493 e. The third kappa shape index (κ3) is 7.36. The van der Waals surface area contributed by atoms with Crippen LogP contribution in [0, 0.1) is 11.7 Å². The number of nitrogens with zero attached hydrogens (tertiary/aromatic N) is 2. The molecule has 1 aliphatic rings. The standard InChI is InChI=1S/C29H33FN2O3/c1-29(2)19-25(13-17-35-29)28(33)32(20-23-10-14-31-15-11-23)21-24-4-3-5-27(18-24)34-16-12-22-6-8-26(30)9-7-22/h3-11,14-15,18,25H,12-13,16-17,19-21H2,1-2H3/t25-/m1/s1. The van der Waals surface area contributed by atoms with E-state index in [-0.39, 0.29) is 23.2 Å². The summed E-state index contributed by atoms with van der Waals surface area (Å²) >= 11 is 0. The normalized spacial score (nSPS) is 17.1. The molecule has 4 rings (SSSR count). The molecular formula is C29H33FN2O3. The van der Waals surface area contributed by atoms with Gasteiger partial charge in [0.25, 0.3) is 0 Å². The van der Waals surface area contributed by atoms with Gasteiger partial charge in [0, 0.05) is 44.4 Å². The largest absolute Gasteiger partial charge is 0.493 e. The van der Waals surface area contributed by atoms with E-state index in [0.29, 0.717) is 39.1 Å². The number of amides is 1. The summed E-state index contributed by atoms with van der Waals surface area (Å²) in [5.41, 5.74) is 2.79. The summed E-state index contributed by atoms with van der Waals surface area (Å²) in [6.07, 6.45) is 5.65. The molecule has 35 heavy (non-hydrogen) atoms. The molecule has 2 aromatic carbocycles. The van der Waals surface area contributed by atoms with Crippen molar-refractivity contribution in [3.8, 4) is 5.75 Å². The van der Waals surface area contributed by atoms with Crippen LogP contribution >= 0.6 is 0 Å². The minimum absolute atomic E-state index is 0.0595. The van der Waals surface area contributed by atoms with Crippen LogP contribution in [0.5, 0.6) is 5.75 Å². The molecule has 0 aliphatic carbocycles. The molecule has 3 aromatic rings. The molecule has 0 spiro atoms. The molecule has 1 saturated heterocycles. The van der Waals surface area contributed by atoms with Gasteiger partial charge < -0.3 is 14.4 Å². The topological polar surface area (TPSA) is 51.7 Å². The molecule has 1 atom stereocenters. The number of carbonyl (C=O) groups is 1. The Morgan fingerprint density at radius 3 is 2.54 bits per heavy atom. The van der Waals surface area contributed by atoms with Crippen LogP contribution < -0.4 is 4.74 Å². The lowest BCUT2D eigenvalue weighted by atomic mass is 9.87. The maximum atomic E-state index is 13.6. The molecule has 0 unspecified atom stereocenters. The number of aromatic nitrogens is 1. The quantitative estimate of drug-likeness (QED) is 0.405. The summed E-state index contributed by atoms with van der Waals surface area (Å²) < 4.78 is 24.9. The van der Waals surface area contributed by atoms with E-state index in [2.05, 4.69) is 4.98 Å². The first-order valence-corrected chi connectivity index (χ1v) is 12.2. The molecular weight excluding hydrogens is 443 g/mol. The van der Waals surface area contributed by atoms with Gasteiger partial charge in [0.2, 0.25) is 5.91 Å². The van der Waals surface area contributed by atoms with Crippen LogP contribution in [0.25, 0.3) is 0 Å². The van der Waals surface area contributed by atoms with Crippen molar-refractivity contribution in [1.82, 2.24) is 9.88 Å².